The average molecular weight is 480 g/mol. The van der Waals surface area contributed by atoms with Gasteiger partial charge in [-0.15, -0.1) is 0 Å². The molecule has 0 N–H and O–H groups in total. The number of halogens is 4. The summed E-state index contributed by atoms with van der Waals surface area (Å²) in [5.41, 5.74) is 0.0971. The van der Waals surface area contributed by atoms with Crippen molar-refractivity contribution in [2.45, 2.75) is 45.8 Å². The van der Waals surface area contributed by atoms with E-state index in [2.05, 4.69) is 0 Å². The third-order valence-corrected chi connectivity index (χ3v) is 5.70. The summed E-state index contributed by atoms with van der Waals surface area (Å²) < 4.78 is 46.6. The van der Waals surface area contributed by atoms with Crippen LogP contribution < -0.4 is 0 Å². The lowest BCUT2D eigenvalue weighted by atomic mass is 9.81. The van der Waals surface area contributed by atoms with Gasteiger partial charge in [0.05, 0.1) is 24.3 Å². The zero-order valence-corrected chi connectivity index (χ0v) is 19.3. The molecule has 0 spiro atoms. The molecule has 1 heterocycles. The summed E-state index contributed by atoms with van der Waals surface area (Å²) in [4.78, 5) is 27.6. The van der Waals surface area contributed by atoms with Gasteiger partial charge in [-0.3, -0.25) is 4.79 Å². The van der Waals surface area contributed by atoms with Crippen LogP contribution in [-0.2, 0) is 27.0 Å². The molecule has 33 heavy (non-hydrogen) atoms. The highest BCUT2D eigenvalue weighted by atomic mass is 35.5. The van der Waals surface area contributed by atoms with Gasteiger partial charge in [0.25, 0.3) is 0 Å². The van der Waals surface area contributed by atoms with E-state index in [-0.39, 0.29) is 48.2 Å². The van der Waals surface area contributed by atoms with Crippen LogP contribution in [0, 0.1) is 5.92 Å². The Balaban J connectivity index is 2.10. The summed E-state index contributed by atoms with van der Waals surface area (Å²) in [6, 6.07) is 12.0. The molecule has 4 nitrogen and oxygen atoms in total. The Morgan fingerprint density at radius 3 is 2.52 bits per heavy atom. The lowest BCUT2D eigenvalue weighted by Crippen LogP contribution is -2.38. The van der Waals surface area contributed by atoms with Gasteiger partial charge >= 0.3 is 12.1 Å². The molecule has 176 valence electrons. The Hall–Kier alpha value is -2.80. The van der Waals surface area contributed by atoms with Gasteiger partial charge in [0.1, 0.15) is 0 Å². The largest absolute Gasteiger partial charge is 0.462 e. The molecule has 0 saturated heterocycles. The minimum absolute atomic E-state index is 0.0450. The maximum Gasteiger partial charge on any atom is 0.416 e. The third-order valence-electron chi connectivity index (χ3n) is 5.46. The van der Waals surface area contributed by atoms with Gasteiger partial charge in [-0.05, 0) is 42.2 Å². The summed E-state index contributed by atoms with van der Waals surface area (Å²) in [5, 5.41) is 0.493. The van der Waals surface area contributed by atoms with Gasteiger partial charge in [-0.25, -0.2) is 4.79 Å². The first-order valence-corrected chi connectivity index (χ1v) is 11.0. The maximum atomic E-state index is 13.7. The van der Waals surface area contributed by atoms with E-state index in [1.807, 2.05) is 13.8 Å². The first kappa shape index (κ1) is 24.8. The van der Waals surface area contributed by atoms with Crippen molar-refractivity contribution in [1.29, 1.82) is 0 Å². The highest BCUT2D eigenvalue weighted by molar-refractivity contribution is 6.30. The van der Waals surface area contributed by atoms with Crippen LogP contribution >= 0.6 is 11.6 Å². The molecule has 1 aliphatic heterocycles. The van der Waals surface area contributed by atoms with E-state index in [9.17, 15) is 22.8 Å². The summed E-state index contributed by atoms with van der Waals surface area (Å²) in [5.74, 6) is -2.12. The summed E-state index contributed by atoms with van der Waals surface area (Å²) >= 11 is 6.05. The van der Waals surface area contributed by atoms with Gasteiger partial charge < -0.3 is 9.64 Å². The quantitative estimate of drug-likeness (QED) is 0.454. The van der Waals surface area contributed by atoms with Crippen LogP contribution in [0.15, 0.2) is 59.8 Å². The van der Waals surface area contributed by atoms with Crippen LogP contribution in [0.1, 0.15) is 49.8 Å². The number of nitrogens with zero attached hydrogens (tertiary/aromatic N) is 1. The van der Waals surface area contributed by atoms with Crippen molar-refractivity contribution in [3.8, 4) is 0 Å². The second-order valence-electron chi connectivity index (χ2n) is 8.44. The fourth-order valence-corrected chi connectivity index (χ4v) is 4.14. The summed E-state index contributed by atoms with van der Waals surface area (Å²) in [7, 11) is 0. The fourth-order valence-electron chi connectivity index (χ4n) is 3.93. The minimum Gasteiger partial charge on any atom is -0.462 e. The highest BCUT2D eigenvalue weighted by Crippen LogP contribution is 2.43. The normalized spacial score (nSPS) is 17.0. The summed E-state index contributed by atoms with van der Waals surface area (Å²) in [6.45, 7) is 5.55. The number of allylic oxidation sites excluding steroid dienone is 1. The number of hydrogen-bond acceptors (Lipinski definition) is 3. The molecule has 8 heteroatoms. The average Bonchev–Trinajstić information content (AvgIpc) is 2.74. The number of carbonyl (C=O) groups is 2. The van der Waals surface area contributed by atoms with Crippen LogP contribution in [0.4, 0.5) is 13.2 Å². The van der Waals surface area contributed by atoms with Crippen LogP contribution in [0.3, 0.4) is 0 Å². The van der Waals surface area contributed by atoms with Crippen molar-refractivity contribution in [2.75, 3.05) is 6.61 Å². The molecule has 1 amide bonds. The predicted molar refractivity (Wildman–Crippen MR) is 119 cm³/mol. The molecule has 1 atom stereocenters. The Bertz CT molecular complexity index is 1080. The van der Waals surface area contributed by atoms with E-state index in [1.165, 1.54) is 23.1 Å². The standard InChI is InChI=1S/C25H25ClF3NO3/c1-15(2)14-33-24(32)23-16(3)30(13-17-7-6-8-18(26)11-17)22(31)12-20(23)19-9-4-5-10-21(19)25(27,28)29/h4-11,15,20H,12-14H2,1-3H3/t20-/m1/s1. The molecule has 0 radical (unpaired) electrons. The molecular formula is C25H25ClF3NO3. The van der Waals surface area contributed by atoms with Gasteiger partial charge in [0.2, 0.25) is 5.91 Å². The SMILES string of the molecule is CC1=C(C(=O)OCC(C)C)[C@@H](c2ccccc2C(F)(F)F)CC(=O)N1Cc1cccc(Cl)c1. The Morgan fingerprint density at radius 1 is 1.18 bits per heavy atom. The van der Waals surface area contributed by atoms with Crippen molar-refractivity contribution in [3.63, 3.8) is 0 Å². The lowest BCUT2D eigenvalue weighted by Gasteiger charge is -2.35. The molecule has 0 bridgehead atoms. The van der Waals surface area contributed by atoms with E-state index >= 15 is 0 Å². The number of carbonyl (C=O) groups excluding carboxylic acids is 2. The lowest BCUT2D eigenvalue weighted by molar-refractivity contribution is -0.143. The fraction of sp³-hybridized carbons (Fsp3) is 0.360. The van der Waals surface area contributed by atoms with Crippen molar-refractivity contribution in [1.82, 2.24) is 4.90 Å². The van der Waals surface area contributed by atoms with E-state index < -0.39 is 23.6 Å². The number of esters is 1. The van der Waals surface area contributed by atoms with E-state index in [0.29, 0.717) is 5.02 Å². The van der Waals surface area contributed by atoms with Crippen molar-refractivity contribution < 1.29 is 27.5 Å². The van der Waals surface area contributed by atoms with Crippen LogP contribution in [0.25, 0.3) is 0 Å². The summed E-state index contributed by atoms with van der Waals surface area (Å²) in [6.07, 6.45) is -4.91. The predicted octanol–water partition coefficient (Wildman–Crippen LogP) is 6.35. The number of amides is 1. The van der Waals surface area contributed by atoms with Crippen molar-refractivity contribution in [2.24, 2.45) is 5.92 Å². The molecule has 0 saturated carbocycles. The maximum absolute atomic E-state index is 13.7. The van der Waals surface area contributed by atoms with Gasteiger partial charge in [0.15, 0.2) is 0 Å². The first-order chi connectivity index (χ1) is 15.5. The molecule has 0 fully saturated rings. The van der Waals surface area contributed by atoms with Gasteiger partial charge in [-0.1, -0.05) is 55.8 Å². The van der Waals surface area contributed by atoms with E-state index in [0.717, 1.165) is 11.6 Å². The molecule has 0 aliphatic carbocycles. The van der Waals surface area contributed by atoms with Gasteiger partial charge in [-0.2, -0.15) is 13.2 Å². The second-order valence-corrected chi connectivity index (χ2v) is 8.88. The molecule has 2 aromatic carbocycles. The first-order valence-electron chi connectivity index (χ1n) is 10.6. The third kappa shape index (κ3) is 5.77. The molecular weight excluding hydrogens is 455 g/mol. The number of hydrogen-bond donors (Lipinski definition) is 0. The van der Waals surface area contributed by atoms with E-state index in [1.54, 1.807) is 31.2 Å². The number of rotatable bonds is 6. The molecule has 0 aromatic heterocycles. The molecule has 0 unspecified atom stereocenters. The smallest absolute Gasteiger partial charge is 0.416 e. The zero-order valence-electron chi connectivity index (χ0n) is 18.6. The number of ether oxygens (including phenoxy) is 1. The van der Waals surface area contributed by atoms with Crippen molar-refractivity contribution in [3.05, 3.63) is 81.5 Å². The van der Waals surface area contributed by atoms with Crippen LogP contribution in [-0.4, -0.2) is 23.4 Å². The van der Waals surface area contributed by atoms with Crippen LogP contribution in [0.2, 0.25) is 5.02 Å². The number of alkyl halides is 3. The van der Waals surface area contributed by atoms with E-state index in [4.69, 9.17) is 16.3 Å². The Labute approximate surface area is 196 Å². The molecule has 2 aromatic rings. The minimum atomic E-state index is -4.63. The Morgan fingerprint density at radius 2 is 1.88 bits per heavy atom. The van der Waals surface area contributed by atoms with Crippen LogP contribution in [0.5, 0.6) is 0 Å². The topological polar surface area (TPSA) is 46.6 Å². The number of benzene rings is 2. The molecule has 1 aliphatic rings. The highest BCUT2D eigenvalue weighted by Gasteiger charge is 2.42. The van der Waals surface area contributed by atoms with Crippen molar-refractivity contribution >= 4 is 23.5 Å². The van der Waals surface area contributed by atoms with Gasteiger partial charge in [0, 0.05) is 23.1 Å². The monoisotopic (exact) mass is 479 g/mol. The Kier molecular flexibility index (Phi) is 7.52. The molecule has 3 rings (SSSR count). The second kappa shape index (κ2) is 10.00. The zero-order chi connectivity index (χ0) is 24.3.